The van der Waals surface area contributed by atoms with Gasteiger partial charge in [-0.1, -0.05) is 0 Å². The first-order valence-corrected chi connectivity index (χ1v) is 5.75. The molecule has 21 heavy (non-hydrogen) atoms. The quantitative estimate of drug-likeness (QED) is 0.275. The summed E-state index contributed by atoms with van der Waals surface area (Å²) in [7, 11) is 0. The van der Waals surface area contributed by atoms with Gasteiger partial charge in [0.2, 0.25) is 0 Å². The third-order valence-corrected chi connectivity index (χ3v) is 2.94. The van der Waals surface area contributed by atoms with Crippen molar-refractivity contribution in [3.05, 3.63) is 32.6 Å². The van der Waals surface area contributed by atoms with E-state index in [2.05, 4.69) is 9.97 Å². The predicted molar refractivity (Wildman–Crippen MR) is 66.4 cm³/mol. The second-order valence-corrected chi connectivity index (χ2v) is 4.67. The Labute approximate surface area is 152 Å². The van der Waals surface area contributed by atoms with E-state index in [0.29, 0.717) is 0 Å². The zero-order valence-corrected chi connectivity index (χ0v) is 15.0. The van der Waals surface area contributed by atoms with E-state index in [0.717, 1.165) is 35.1 Å². The predicted octanol–water partition coefficient (Wildman–Crippen LogP) is -4.73. The molecule has 0 aliphatic heterocycles. The molecule has 120 valence electrons. The van der Waals surface area contributed by atoms with E-state index in [9.17, 15) is 20.2 Å². The van der Waals surface area contributed by atoms with E-state index in [-0.39, 0.29) is 66.1 Å². The molecule has 0 spiro atoms. The summed E-state index contributed by atoms with van der Waals surface area (Å²) in [6, 6.07) is 0. The summed E-state index contributed by atoms with van der Waals surface area (Å²) < 4.78 is 0. The van der Waals surface area contributed by atoms with Gasteiger partial charge in [0.15, 0.2) is 10.3 Å². The van der Waals surface area contributed by atoms with Crippen molar-refractivity contribution in [2.45, 2.75) is 0 Å². The van der Waals surface area contributed by atoms with Gasteiger partial charge in [0.05, 0.1) is 9.85 Å². The van der Waals surface area contributed by atoms with Gasteiger partial charge >= 0.3 is 31.1 Å². The Hall–Kier alpha value is -1.07. The fourth-order valence-electron chi connectivity index (χ4n) is 0.726. The van der Waals surface area contributed by atoms with Gasteiger partial charge in [-0.25, -0.2) is 9.97 Å². The average molecular weight is 556 g/mol. The van der Waals surface area contributed by atoms with Gasteiger partial charge in [0.25, 0.3) is 0 Å². The summed E-state index contributed by atoms with van der Waals surface area (Å²) in [4.78, 5) is 25.8. The van der Waals surface area contributed by atoms with Gasteiger partial charge in [0, 0.05) is 0 Å². The Morgan fingerprint density at radius 3 is 1.29 bits per heavy atom. The van der Waals surface area contributed by atoms with Crippen molar-refractivity contribution in [2.24, 2.45) is 0 Å². The molecule has 2 rings (SSSR count). The number of anilines is 2. The monoisotopic (exact) mass is 555 g/mol. The molecular formula is C6H6Cl2N6O4PtS2. The van der Waals surface area contributed by atoms with Crippen LogP contribution in [0.4, 0.5) is 20.3 Å². The largest absolute Gasteiger partial charge is 2.00 e. The number of nitrogens with zero attached hydrogens (tertiary/aromatic N) is 4. The molecule has 0 radical (unpaired) electrons. The summed E-state index contributed by atoms with van der Waals surface area (Å²) in [6.07, 6.45) is 2.28. The van der Waals surface area contributed by atoms with Crippen LogP contribution in [0.15, 0.2) is 12.4 Å². The van der Waals surface area contributed by atoms with Gasteiger partial charge in [0.1, 0.15) is 12.4 Å². The molecule has 10 nitrogen and oxygen atoms in total. The van der Waals surface area contributed by atoms with Crippen molar-refractivity contribution >= 4 is 42.9 Å². The molecular weight excluding hydrogens is 550 g/mol. The van der Waals surface area contributed by atoms with Crippen molar-refractivity contribution in [3.63, 3.8) is 0 Å². The van der Waals surface area contributed by atoms with Crippen LogP contribution in [0.5, 0.6) is 0 Å². The van der Waals surface area contributed by atoms with Crippen molar-refractivity contribution < 1.29 is 55.7 Å². The molecule has 0 amide bonds. The summed E-state index contributed by atoms with van der Waals surface area (Å²) in [5.74, 6) is 0. The maximum Gasteiger partial charge on any atom is 2.00 e. The van der Waals surface area contributed by atoms with E-state index in [1.54, 1.807) is 0 Å². The number of nitrogen functional groups attached to an aromatic ring is 2. The molecule has 2 heterocycles. The maximum absolute atomic E-state index is 9.93. The molecule has 4 N–H and O–H groups in total. The van der Waals surface area contributed by atoms with Crippen LogP contribution in [0, 0.1) is 20.2 Å². The first kappa shape index (κ1) is 24.9. The third kappa shape index (κ3) is 8.73. The number of hydrogen-bond donors (Lipinski definition) is 2. The fourth-order valence-corrected chi connectivity index (χ4v) is 1.73. The van der Waals surface area contributed by atoms with E-state index in [4.69, 9.17) is 11.5 Å². The fraction of sp³-hybridized carbons (Fsp3) is 0. The summed E-state index contributed by atoms with van der Waals surface area (Å²) in [5, 5.41) is 20.3. The number of aromatic nitrogens is 2. The summed E-state index contributed by atoms with van der Waals surface area (Å²) in [6.45, 7) is 0. The van der Waals surface area contributed by atoms with Gasteiger partial charge in [-0.05, 0) is 22.7 Å². The van der Waals surface area contributed by atoms with Crippen molar-refractivity contribution in [1.29, 1.82) is 0 Å². The number of hydrogen-bond acceptors (Lipinski definition) is 10. The van der Waals surface area contributed by atoms with Crippen LogP contribution in [-0.4, -0.2) is 19.8 Å². The van der Waals surface area contributed by atoms with Gasteiger partial charge in [-0.15, -0.1) is 0 Å². The first-order valence-electron chi connectivity index (χ1n) is 4.11. The third-order valence-electron chi connectivity index (χ3n) is 1.38. The molecule has 2 aromatic rings. The van der Waals surface area contributed by atoms with E-state index < -0.39 is 9.85 Å². The van der Waals surface area contributed by atoms with Crippen molar-refractivity contribution in [2.75, 3.05) is 11.5 Å². The normalized spacial score (nSPS) is 8.00. The van der Waals surface area contributed by atoms with Gasteiger partial charge < -0.3 is 36.3 Å². The summed E-state index contributed by atoms with van der Waals surface area (Å²) >= 11 is 1.73. The van der Waals surface area contributed by atoms with Crippen LogP contribution < -0.4 is 36.3 Å². The van der Waals surface area contributed by atoms with Crippen LogP contribution >= 0.6 is 22.7 Å². The van der Waals surface area contributed by atoms with Crippen molar-refractivity contribution in [1.82, 2.24) is 9.97 Å². The molecule has 0 saturated heterocycles. The van der Waals surface area contributed by atoms with Crippen LogP contribution in [0.2, 0.25) is 0 Å². The Balaban J connectivity index is -0.000000270. The van der Waals surface area contributed by atoms with Crippen molar-refractivity contribution in [3.8, 4) is 0 Å². The molecule has 0 saturated carbocycles. The Morgan fingerprint density at radius 1 is 0.905 bits per heavy atom. The van der Waals surface area contributed by atoms with Crippen LogP contribution in [0.25, 0.3) is 0 Å². The molecule has 0 unspecified atom stereocenters. The topological polar surface area (TPSA) is 164 Å². The second kappa shape index (κ2) is 11.6. The minimum atomic E-state index is -0.520. The second-order valence-electron chi connectivity index (χ2n) is 2.59. The van der Waals surface area contributed by atoms with Crippen LogP contribution in [-0.2, 0) is 21.1 Å². The molecule has 0 aromatic carbocycles. The molecule has 0 aliphatic rings. The molecule has 0 aliphatic carbocycles. The van der Waals surface area contributed by atoms with Crippen LogP contribution in [0.1, 0.15) is 0 Å². The SMILES string of the molecule is Nc1ncc([N+](=O)[O-])s1.Nc1ncc([N+](=O)[O-])s1.[Cl-].[Cl-].[Pt+2]. The smallest absolute Gasteiger partial charge is 1.00 e. The van der Waals surface area contributed by atoms with Crippen LogP contribution in [0.3, 0.4) is 0 Å². The summed E-state index contributed by atoms with van der Waals surface area (Å²) in [5.41, 5.74) is 10.2. The number of rotatable bonds is 2. The minimum absolute atomic E-state index is 0. The average Bonchev–Trinajstić information content (AvgIpc) is 2.88. The van der Waals surface area contributed by atoms with Gasteiger partial charge in [-0.3, -0.25) is 20.2 Å². The number of halogens is 2. The van der Waals surface area contributed by atoms with E-state index in [1.807, 2.05) is 0 Å². The molecule has 2 aromatic heterocycles. The standard InChI is InChI=1S/2C3H3N3O2S.2ClH.Pt/c2*4-3-5-1-2(9-3)6(7)8;;;/h2*1H,(H2,4,5);2*1H;/q;;;;+2/p-2. The van der Waals surface area contributed by atoms with Gasteiger partial charge in [-0.2, -0.15) is 0 Å². The first-order chi connectivity index (χ1) is 8.40. The number of nitro groups is 2. The Bertz CT molecular complexity index is 531. The Morgan fingerprint density at radius 2 is 1.19 bits per heavy atom. The number of thiazole rings is 2. The molecule has 0 atom stereocenters. The zero-order valence-electron chi connectivity index (χ0n) is 9.62. The number of nitrogens with two attached hydrogens (primary N) is 2. The molecule has 0 bridgehead atoms. The van der Waals surface area contributed by atoms with E-state index in [1.165, 1.54) is 0 Å². The maximum atomic E-state index is 9.93. The Kier molecular flexibility index (Phi) is 13.7. The zero-order chi connectivity index (χ0) is 13.7. The minimum Gasteiger partial charge on any atom is -1.00 e. The molecule has 15 heteroatoms. The van der Waals surface area contributed by atoms with E-state index >= 15 is 0 Å². The molecule has 0 fully saturated rings.